The van der Waals surface area contributed by atoms with Gasteiger partial charge in [-0.1, -0.05) is 30.3 Å². The number of aryl methyl sites for hydroxylation is 1. The molecule has 0 spiro atoms. The van der Waals surface area contributed by atoms with E-state index in [-0.39, 0.29) is 18.2 Å². The van der Waals surface area contributed by atoms with Crippen LogP contribution < -0.4 is 5.73 Å². The van der Waals surface area contributed by atoms with E-state index < -0.39 is 0 Å². The van der Waals surface area contributed by atoms with Crippen molar-refractivity contribution in [1.29, 1.82) is 0 Å². The number of hydrogen-bond acceptors (Lipinski definition) is 1. The van der Waals surface area contributed by atoms with Gasteiger partial charge in [-0.15, -0.1) is 12.4 Å². The van der Waals surface area contributed by atoms with Crippen molar-refractivity contribution in [3.05, 3.63) is 59.4 Å². The highest BCUT2D eigenvalue weighted by Gasteiger charge is 2.02. The van der Waals surface area contributed by atoms with E-state index >= 15 is 0 Å². The van der Waals surface area contributed by atoms with Crippen LogP contribution in [0.15, 0.2) is 42.5 Å². The average molecular weight is 252 g/mol. The smallest absolute Gasteiger partial charge is 0.123 e. The van der Waals surface area contributed by atoms with Crippen LogP contribution in [-0.4, -0.2) is 0 Å². The second-order valence-electron chi connectivity index (χ2n) is 3.86. The monoisotopic (exact) mass is 251 g/mol. The lowest BCUT2D eigenvalue weighted by Crippen LogP contribution is -1.95. The van der Waals surface area contributed by atoms with Gasteiger partial charge in [0.25, 0.3) is 0 Å². The molecule has 0 radical (unpaired) electrons. The minimum Gasteiger partial charge on any atom is -0.326 e. The number of rotatable bonds is 2. The molecular formula is C14H15ClFN. The van der Waals surface area contributed by atoms with Gasteiger partial charge in [0.1, 0.15) is 5.82 Å². The van der Waals surface area contributed by atoms with Crippen molar-refractivity contribution in [1.82, 2.24) is 0 Å². The van der Waals surface area contributed by atoms with E-state index in [2.05, 4.69) is 0 Å². The fraction of sp³-hybridized carbons (Fsp3) is 0.143. The third-order valence-corrected chi connectivity index (χ3v) is 2.69. The zero-order valence-corrected chi connectivity index (χ0v) is 10.4. The predicted octanol–water partition coefficient (Wildman–Crippen LogP) is 3.68. The Balaban J connectivity index is 0.00000144. The summed E-state index contributed by atoms with van der Waals surface area (Å²) in [4.78, 5) is 0. The van der Waals surface area contributed by atoms with Gasteiger partial charge in [0.15, 0.2) is 0 Å². The van der Waals surface area contributed by atoms with Crippen LogP contribution in [0, 0.1) is 12.7 Å². The summed E-state index contributed by atoms with van der Waals surface area (Å²) in [5.74, 6) is -0.195. The molecule has 3 heteroatoms. The first kappa shape index (κ1) is 13.7. The zero-order chi connectivity index (χ0) is 11.5. The maximum absolute atomic E-state index is 13.0. The molecule has 0 aliphatic heterocycles. The van der Waals surface area contributed by atoms with E-state index in [1.54, 1.807) is 6.07 Å². The van der Waals surface area contributed by atoms with Gasteiger partial charge in [-0.3, -0.25) is 0 Å². The maximum Gasteiger partial charge on any atom is 0.123 e. The molecule has 0 bridgehead atoms. The fourth-order valence-corrected chi connectivity index (χ4v) is 1.77. The summed E-state index contributed by atoms with van der Waals surface area (Å²) >= 11 is 0. The van der Waals surface area contributed by atoms with Gasteiger partial charge < -0.3 is 5.73 Å². The van der Waals surface area contributed by atoms with E-state index in [0.717, 1.165) is 22.3 Å². The molecule has 2 N–H and O–H groups in total. The summed E-state index contributed by atoms with van der Waals surface area (Å²) in [5, 5.41) is 0. The maximum atomic E-state index is 13.0. The molecule has 0 fully saturated rings. The molecule has 0 unspecified atom stereocenters. The Morgan fingerprint density at radius 2 is 1.71 bits per heavy atom. The van der Waals surface area contributed by atoms with Crippen molar-refractivity contribution in [3.63, 3.8) is 0 Å². The Labute approximate surface area is 107 Å². The molecule has 0 saturated heterocycles. The first-order valence-electron chi connectivity index (χ1n) is 5.26. The molecule has 0 aromatic heterocycles. The van der Waals surface area contributed by atoms with Gasteiger partial charge in [0, 0.05) is 6.54 Å². The molecule has 0 heterocycles. The Morgan fingerprint density at radius 1 is 1.06 bits per heavy atom. The molecular weight excluding hydrogens is 237 g/mol. The molecule has 0 aliphatic carbocycles. The first-order chi connectivity index (χ1) is 7.70. The standard InChI is InChI=1S/C14H14FN.ClH/c1-10-8-13(15)6-7-14(10)12-4-2-11(9-16)3-5-12;/h2-8H,9,16H2,1H3;1H. The number of benzene rings is 2. The van der Waals surface area contributed by atoms with Crippen LogP contribution in [-0.2, 0) is 6.54 Å². The minimum absolute atomic E-state index is 0. The average Bonchev–Trinajstić information content (AvgIpc) is 2.29. The SMILES string of the molecule is Cc1cc(F)ccc1-c1ccc(CN)cc1.Cl. The molecule has 2 aromatic carbocycles. The molecule has 1 nitrogen and oxygen atoms in total. The summed E-state index contributed by atoms with van der Waals surface area (Å²) in [6.07, 6.45) is 0. The van der Waals surface area contributed by atoms with Crippen LogP contribution >= 0.6 is 12.4 Å². The Hall–Kier alpha value is -1.38. The van der Waals surface area contributed by atoms with Crippen molar-refractivity contribution in [3.8, 4) is 11.1 Å². The Morgan fingerprint density at radius 3 is 2.24 bits per heavy atom. The van der Waals surface area contributed by atoms with Crippen molar-refractivity contribution >= 4 is 12.4 Å². The van der Waals surface area contributed by atoms with E-state index in [9.17, 15) is 4.39 Å². The lowest BCUT2D eigenvalue weighted by molar-refractivity contribution is 0.627. The fourth-order valence-electron chi connectivity index (χ4n) is 1.77. The topological polar surface area (TPSA) is 26.0 Å². The molecule has 2 aromatic rings. The largest absolute Gasteiger partial charge is 0.326 e. The van der Waals surface area contributed by atoms with Crippen molar-refractivity contribution < 1.29 is 4.39 Å². The molecule has 0 atom stereocenters. The van der Waals surface area contributed by atoms with Gasteiger partial charge >= 0.3 is 0 Å². The van der Waals surface area contributed by atoms with Crippen molar-refractivity contribution in [2.45, 2.75) is 13.5 Å². The molecule has 0 amide bonds. The lowest BCUT2D eigenvalue weighted by Gasteiger charge is -2.06. The Kier molecular flexibility index (Phi) is 4.67. The molecule has 0 aliphatic rings. The van der Waals surface area contributed by atoms with Gasteiger partial charge in [0.05, 0.1) is 0 Å². The van der Waals surface area contributed by atoms with Crippen molar-refractivity contribution in [2.75, 3.05) is 0 Å². The summed E-state index contributed by atoms with van der Waals surface area (Å²) in [7, 11) is 0. The molecule has 0 saturated carbocycles. The normalized spacial score (nSPS) is 9.82. The lowest BCUT2D eigenvalue weighted by atomic mass is 9.99. The molecule has 17 heavy (non-hydrogen) atoms. The van der Waals surface area contributed by atoms with Crippen LogP contribution in [0.4, 0.5) is 4.39 Å². The van der Waals surface area contributed by atoms with Crippen LogP contribution in [0.5, 0.6) is 0 Å². The van der Waals surface area contributed by atoms with Gasteiger partial charge in [-0.05, 0) is 41.3 Å². The number of nitrogens with two attached hydrogens (primary N) is 1. The minimum atomic E-state index is -0.195. The van der Waals surface area contributed by atoms with Crippen LogP contribution in [0.25, 0.3) is 11.1 Å². The van der Waals surface area contributed by atoms with Gasteiger partial charge in [-0.2, -0.15) is 0 Å². The summed E-state index contributed by atoms with van der Waals surface area (Å²) in [6, 6.07) is 12.9. The summed E-state index contributed by atoms with van der Waals surface area (Å²) in [5.41, 5.74) is 9.74. The van der Waals surface area contributed by atoms with E-state index in [1.807, 2.05) is 37.3 Å². The van der Waals surface area contributed by atoms with Crippen LogP contribution in [0.1, 0.15) is 11.1 Å². The highest BCUT2D eigenvalue weighted by Crippen LogP contribution is 2.24. The second-order valence-corrected chi connectivity index (χ2v) is 3.86. The van der Waals surface area contributed by atoms with Crippen LogP contribution in [0.3, 0.4) is 0 Å². The third kappa shape index (κ3) is 3.05. The first-order valence-corrected chi connectivity index (χ1v) is 5.26. The van der Waals surface area contributed by atoms with E-state index in [1.165, 1.54) is 6.07 Å². The van der Waals surface area contributed by atoms with Gasteiger partial charge in [0.2, 0.25) is 0 Å². The highest BCUT2D eigenvalue weighted by molar-refractivity contribution is 5.85. The highest BCUT2D eigenvalue weighted by atomic mass is 35.5. The number of hydrogen-bond donors (Lipinski definition) is 1. The quantitative estimate of drug-likeness (QED) is 0.866. The van der Waals surface area contributed by atoms with E-state index in [0.29, 0.717) is 6.54 Å². The summed E-state index contributed by atoms with van der Waals surface area (Å²) < 4.78 is 13.0. The van der Waals surface area contributed by atoms with Crippen LogP contribution in [0.2, 0.25) is 0 Å². The number of halogens is 2. The van der Waals surface area contributed by atoms with Gasteiger partial charge in [-0.25, -0.2) is 4.39 Å². The zero-order valence-electron chi connectivity index (χ0n) is 9.61. The third-order valence-electron chi connectivity index (χ3n) is 2.69. The molecule has 2 rings (SSSR count). The second kappa shape index (κ2) is 5.80. The predicted molar refractivity (Wildman–Crippen MR) is 71.7 cm³/mol. The molecule has 90 valence electrons. The Bertz CT molecular complexity index is 494. The van der Waals surface area contributed by atoms with Crippen molar-refractivity contribution in [2.24, 2.45) is 5.73 Å². The van der Waals surface area contributed by atoms with E-state index in [4.69, 9.17) is 5.73 Å². The summed E-state index contributed by atoms with van der Waals surface area (Å²) in [6.45, 7) is 2.46.